The number of para-hydroxylation sites is 1. The van der Waals surface area contributed by atoms with Gasteiger partial charge in [0.1, 0.15) is 22.3 Å². The van der Waals surface area contributed by atoms with Gasteiger partial charge in [0, 0.05) is 55.7 Å². The van der Waals surface area contributed by atoms with Gasteiger partial charge in [0.15, 0.2) is 0 Å². The van der Waals surface area contributed by atoms with E-state index in [0.717, 1.165) is 107 Å². The van der Waals surface area contributed by atoms with E-state index in [4.69, 9.17) is 8.83 Å². The Labute approximate surface area is 347 Å². The third-order valence-corrected chi connectivity index (χ3v) is 12.3. The summed E-state index contributed by atoms with van der Waals surface area (Å²) in [5, 5.41) is 11.3. The molecule has 60 heavy (non-hydrogen) atoms. The molecule has 0 amide bonds. The van der Waals surface area contributed by atoms with Crippen LogP contribution in [0.2, 0.25) is 0 Å². The third kappa shape index (κ3) is 5.75. The van der Waals surface area contributed by atoms with E-state index < -0.39 is 0 Å². The van der Waals surface area contributed by atoms with Crippen LogP contribution in [-0.4, -0.2) is 0 Å². The van der Waals surface area contributed by atoms with E-state index in [2.05, 4.69) is 206 Å². The van der Waals surface area contributed by atoms with Gasteiger partial charge in [-0.25, -0.2) is 0 Å². The zero-order valence-corrected chi connectivity index (χ0v) is 33.4. The van der Waals surface area contributed by atoms with Crippen LogP contribution in [0.3, 0.4) is 0 Å². The topological polar surface area (TPSA) is 32.8 Å². The number of anilines is 5. The smallest absolute Gasteiger partial charge is 0.136 e. The average Bonchev–Trinajstić information content (AvgIpc) is 3.80. The highest BCUT2D eigenvalue weighted by molar-refractivity contribution is 6.18. The fraction of sp³-hybridized carbons (Fsp3) is 0.0714. The first kappa shape index (κ1) is 34.5. The molecule has 0 saturated heterocycles. The average molecular weight is 773 g/mol. The number of rotatable bonds is 6. The number of furan rings is 2. The standard InChI is InChI=1S/C56H40N2O2/c1-35-13-19-45(20-14-35)57(43-9-5-3-6-10-43)47-23-17-37-27-49-51-29-41-30-52-50-28-38-18-24-48(58(44-11-7-4-8-12-44)46-21-15-36(2)16-22-46)26-40(38)32-54(50)60-56(52)34-42(41)33-55(51)59-53(49)31-39(37)25-47/h3,5-7,9-34H,4,8H2,1-2H3. The molecule has 1 aliphatic carbocycles. The van der Waals surface area contributed by atoms with Crippen LogP contribution >= 0.6 is 0 Å². The van der Waals surface area contributed by atoms with Crippen molar-refractivity contribution >= 4 is 105 Å². The molecule has 2 heterocycles. The van der Waals surface area contributed by atoms with Gasteiger partial charge in [-0.05, 0) is 174 Å². The van der Waals surface area contributed by atoms with Crippen LogP contribution in [0.5, 0.6) is 0 Å². The van der Waals surface area contributed by atoms with E-state index in [1.807, 2.05) is 0 Å². The summed E-state index contributed by atoms with van der Waals surface area (Å²) < 4.78 is 13.3. The molecule has 4 nitrogen and oxygen atoms in total. The molecular weight excluding hydrogens is 733 g/mol. The SMILES string of the molecule is Cc1ccc(N(C2=CCCC=C2)c2ccc3cc4c(cc3c2)oc2cc3cc5oc6cc7cc(N(c8ccccc8)c8ccc(C)cc8)ccc7cc6c5cc3cc24)cc1. The zero-order chi connectivity index (χ0) is 39.9. The van der Waals surface area contributed by atoms with E-state index in [-0.39, 0.29) is 0 Å². The number of aryl methyl sites for hydroxylation is 2. The quantitative estimate of drug-likeness (QED) is 0.168. The van der Waals surface area contributed by atoms with Crippen LogP contribution in [0, 0.1) is 13.8 Å². The Kier molecular flexibility index (Phi) is 7.76. The molecule has 0 atom stereocenters. The van der Waals surface area contributed by atoms with Crippen LogP contribution in [-0.2, 0) is 0 Å². The van der Waals surface area contributed by atoms with Crippen LogP contribution in [0.25, 0.3) is 76.2 Å². The maximum absolute atomic E-state index is 6.64. The van der Waals surface area contributed by atoms with Crippen LogP contribution in [0.4, 0.5) is 28.4 Å². The number of benzene rings is 9. The maximum Gasteiger partial charge on any atom is 0.136 e. The van der Waals surface area contributed by atoms with Crippen molar-refractivity contribution < 1.29 is 8.83 Å². The fourth-order valence-electron chi connectivity index (χ4n) is 9.16. The van der Waals surface area contributed by atoms with Crippen molar-refractivity contribution in [3.05, 3.63) is 199 Å². The molecule has 0 unspecified atom stereocenters. The van der Waals surface area contributed by atoms with Gasteiger partial charge < -0.3 is 18.6 Å². The highest BCUT2D eigenvalue weighted by Crippen LogP contribution is 2.42. The van der Waals surface area contributed by atoms with Gasteiger partial charge in [-0.2, -0.15) is 0 Å². The largest absolute Gasteiger partial charge is 0.456 e. The highest BCUT2D eigenvalue weighted by Gasteiger charge is 2.19. The molecule has 9 aromatic carbocycles. The van der Waals surface area contributed by atoms with Gasteiger partial charge in [0.2, 0.25) is 0 Å². The minimum Gasteiger partial charge on any atom is -0.456 e. The molecule has 0 radical (unpaired) electrons. The van der Waals surface area contributed by atoms with Crippen molar-refractivity contribution in [3.8, 4) is 0 Å². The Morgan fingerprint density at radius 1 is 0.367 bits per heavy atom. The Bertz CT molecular complexity index is 3550. The predicted molar refractivity (Wildman–Crippen MR) is 253 cm³/mol. The Morgan fingerprint density at radius 2 is 0.783 bits per heavy atom. The molecular formula is C56H40N2O2. The van der Waals surface area contributed by atoms with Crippen molar-refractivity contribution in [1.82, 2.24) is 0 Å². The third-order valence-electron chi connectivity index (χ3n) is 12.3. The number of allylic oxidation sites excluding steroid dienone is 3. The van der Waals surface area contributed by atoms with E-state index in [0.29, 0.717) is 0 Å². The number of nitrogens with zero attached hydrogens (tertiary/aromatic N) is 2. The van der Waals surface area contributed by atoms with Gasteiger partial charge in [0.25, 0.3) is 0 Å². The molecule has 11 aromatic rings. The molecule has 12 rings (SSSR count). The molecule has 0 fully saturated rings. The van der Waals surface area contributed by atoms with E-state index >= 15 is 0 Å². The molecule has 0 aliphatic heterocycles. The van der Waals surface area contributed by atoms with Gasteiger partial charge >= 0.3 is 0 Å². The highest BCUT2D eigenvalue weighted by atomic mass is 16.3. The molecule has 1 aliphatic rings. The lowest BCUT2D eigenvalue weighted by Crippen LogP contribution is -2.16. The summed E-state index contributed by atoms with van der Waals surface area (Å²) in [5.41, 5.74) is 12.8. The van der Waals surface area contributed by atoms with E-state index in [1.54, 1.807) is 0 Å². The second kappa shape index (κ2) is 13.5. The molecule has 286 valence electrons. The normalized spacial score (nSPS) is 13.1. The van der Waals surface area contributed by atoms with Gasteiger partial charge in [-0.15, -0.1) is 0 Å². The summed E-state index contributed by atoms with van der Waals surface area (Å²) in [4.78, 5) is 4.66. The van der Waals surface area contributed by atoms with Crippen LogP contribution in [0.1, 0.15) is 24.0 Å². The lowest BCUT2D eigenvalue weighted by molar-refractivity contribution is 0.669. The van der Waals surface area contributed by atoms with E-state index in [9.17, 15) is 0 Å². The predicted octanol–water partition coefficient (Wildman–Crippen LogP) is 16.4. The van der Waals surface area contributed by atoms with Crippen molar-refractivity contribution in [2.75, 3.05) is 9.80 Å². The first-order valence-electron chi connectivity index (χ1n) is 20.8. The summed E-state index contributed by atoms with van der Waals surface area (Å²) in [5.74, 6) is 0. The van der Waals surface area contributed by atoms with Gasteiger partial charge in [-0.1, -0.05) is 77.9 Å². The molecule has 4 heteroatoms. The van der Waals surface area contributed by atoms with E-state index in [1.165, 1.54) is 27.6 Å². The summed E-state index contributed by atoms with van der Waals surface area (Å²) in [6.45, 7) is 4.26. The summed E-state index contributed by atoms with van der Waals surface area (Å²) in [7, 11) is 0. The van der Waals surface area contributed by atoms with Crippen molar-refractivity contribution in [2.45, 2.75) is 26.7 Å². The fourth-order valence-corrected chi connectivity index (χ4v) is 9.16. The second-order valence-corrected chi connectivity index (χ2v) is 16.3. The van der Waals surface area contributed by atoms with Crippen molar-refractivity contribution in [3.63, 3.8) is 0 Å². The summed E-state index contributed by atoms with van der Waals surface area (Å²) in [6, 6.07) is 59.4. The molecule has 0 saturated carbocycles. The number of hydrogen-bond acceptors (Lipinski definition) is 4. The lowest BCUT2D eigenvalue weighted by atomic mass is 10.0. The monoisotopic (exact) mass is 772 g/mol. The lowest BCUT2D eigenvalue weighted by Gasteiger charge is -2.28. The Balaban J connectivity index is 0.941. The molecule has 2 aromatic heterocycles. The first-order chi connectivity index (χ1) is 29.5. The molecule has 0 bridgehead atoms. The molecule has 0 N–H and O–H groups in total. The maximum atomic E-state index is 6.64. The molecule has 0 spiro atoms. The summed E-state index contributed by atoms with van der Waals surface area (Å²) in [6.07, 6.45) is 8.96. The van der Waals surface area contributed by atoms with Gasteiger partial charge in [-0.3, -0.25) is 0 Å². The van der Waals surface area contributed by atoms with Crippen molar-refractivity contribution in [1.29, 1.82) is 0 Å². The Hall–Kier alpha value is -7.56. The number of hydrogen-bond donors (Lipinski definition) is 0. The minimum absolute atomic E-state index is 0.869. The zero-order valence-electron chi connectivity index (χ0n) is 33.4. The minimum atomic E-state index is 0.869. The Morgan fingerprint density at radius 3 is 1.28 bits per heavy atom. The number of fused-ring (bicyclic) bond motifs is 9. The summed E-state index contributed by atoms with van der Waals surface area (Å²) >= 11 is 0. The second-order valence-electron chi connectivity index (χ2n) is 16.3. The van der Waals surface area contributed by atoms with Crippen molar-refractivity contribution in [2.24, 2.45) is 0 Å². The first-order valence-corrected chi connectivity index (χ1v) is 20.8. The van der Waals surface area contributed by atoms with Crippen LogP contribution < -0.4 is 9.80 Å². The van der Waals surface area contributed by atoms with Gasteiger partial charge in [0.05, 0.1) is 0 Å². The van der Waals surface area contributed by atoms with Crippen LogP contribution in [0.15, 0.2) is 197 Å².